The number of aromatic nitrogens is 2. The first-order valence-corrected chi connectivity index (χ1v) is 10.1. The highest BCUT2D eigenvalue weighted by molar-refractivity contribution is 7.99. The van der Waals surface area contributed by atoms with Crippen LogP contribution in [0.5, 0.6) is 0 Å². The van der Waals surface area contributed by atoms with Crippen molar-refractivity contribution in [3.63, 3.8) is 0 Å². The highest BCUT2D eigenvalue weighted by Crippen LogP contribution is 2.20. The fraction of sp³-hybridized carbons (Fsp3) is 0.238. The van der Waals surface area contributed by atoms with Crippen molar-refractivity contribution < 1.29 is 14.3 Å². The van der Waals surface area contributed by atoms with Gasteiger partial charge in [-0.3, -0.25) is 19.0 Å². The SMILES string of the molecule is CCN(C(=O)CSc1nc2ccccc2c(=O)n1CC(=O)OC)c1ccccc1. The van der Waals surface area contributed by atoms with Crippen LogP contribution in [-0.2, 0) is 20.9 Å². The predicted molar refractivity (Wildman–Crippen MR) is 113 cm³/mol. The first-order valence-electron chi connectivity index (χ1n) is 9.09. The molecule has 0 bridgehead atoms. The van der Waals surface area contributed by atoms with Gasteiger partial charge < -0.3 is 9.64 Å². The van der Waals surface area contributed by atoms with E-state index in [2.05, 4.69) is 4.98 Å². The Morgan fingerprint density at radius 1 is 1.10 bits per heavy atom. The maximum absolute atomic E-state index is 12.9. The Kier molecular flexibility index (Phi) is 6.66. The lowest BCUT2D eigenvalue weighted by Gasteiger charge is -2.21. The molecule has 29 heavy (non-hydrogen) atoms. The zero-order valence-electron chi connectivity index (χ0n) is 16.2. The molecule has 0 radical (unpaired) electrons. The second-order valence-corrected chi connectivity index (χ2v) is 7.08. The van der Waals surface area contributed by atoms with E-state index in [9.17, 15) is 14.4 Å². The summed E-state index contributed by atoms with van der Waals surface area (Å²) in [6, 6.07) is 16.3. The van der Waals surface area contributed by atoms with Gasteiger partial charge in [-0.15, -0.1) is 0 Å². The summed E-state index contributed by atoms with van der Waals surface area (Å²) in [6.07, 6.45) is 0. The van der Waals surface area contributed by atoms with Crippen LogP contribution in [0.4, 0.5) is 5.69 Å². The molecule has 0 aliphatic rings. The minimum Gasteiger partial charge on any atom is -0.468 e. The molecule has 0 saturated carbocycles. The summed E-state index contributed by atoms with van der Waals surface area (Å²) < 4.78 is 5.96. The van der Waals surface area contributed by atoms with Crippen LogP contribution in [0, 0.1) is 0 Å². The maximum atomic E-state index is 12.9. The van der Waals surface area contributed by atoms with Crippen molar-refractivity contribution in [2.75, 3.05) is 24.3 Å². The molecular formula is C21H21N3O4S. The fourth-order valence-electron chi connectivity index (χ4n) is 2.91. The van der Waals surface area contributed by atoms with Gasteiger partial charge in [-0.2, -0.15) is 0 Å². The van der Waals surface area contributed by atoms with E-state index in [-0.39, 0.29) is 23.8 Å². The van der Waals surface area contributed by atoms with Crippen LogP contribution in [-0.4, -0.2) is 40.8 Å². The number of hydrogen-bond acceptors (Lipinski definition) is 6. The molecule has 1 aromatic heterocycles. The summed E-state index contributed by atoms with van der Waals surface area (Å²) in [4.78, 5) is 43.6. The number of carbonyl (C=O) groups is 2. The van der Waals surface area contributed by atoms with Crippen molar-refractivity contribution >= 4 is 40.2 Å². The highest BCUT2D eigenvalue weighted by atomic mass is 32.2. The zero-order valence-corrected chi connectivity index (χ0v) is 17.0. The van der Waals surface area contributed by atoms with Crippen LogP contribution in [0.3, 0.4) is 0 Å². The Bertz CT molecular complexity index is 1080. The predicted octanol–water partition coefficient (Wildman–Crippen LogP) is 2.71. The molecule has 0 atom stereocenters. The first-order chi connectivity index (χ1) is 14.0. The quantitative estimate of drug-likeness (QED) is 0.338. The number of methoxy groups -OCH3 is 1. The molecule has 0 N–H and O–H groups in total. The number of ether oxygens (including phenoxy) is 1. The second-order valence-electron chi connectivity index (χ2n) is 6.14. The van der Waals surface area contributed by atoms with Gasteiger partial charge in [0.15, 0.2) is 5.16 Å². The number of anilines is 1. The van der Waals surface area contributed by atoms with Gasteiger partial charge in [0.2, 0.25) is 5.91 Å². The largest absolute Gasteiger partial charge is 0.468 e. The molecule has 8 heteroatoms. The van der Waals surface area contributed by atoms with Crippen molar-refractivity contribution in [1.29, 1.82) is 0 Å². The zero-order chi connectivity index (χ0) is 20.8. The smallest absolute Gasteiger partial charge is 0.325 e. The lowest BCUT2D eigenvalue weighted by atomic mass is 10.2. The van der Waals surface area contributed by atoms with Crippen molar-refractivity contribution in [2.45, 2.75) is 18.6 Å². The van der Waals surface area contributed by atoms with E-state index >= 15 is 0 Å². The standard InChI is InChI=1S/C21H21N3O4S/c1-3-23(15-9-5-4-6-10-15)18(25)14-29-21-22-17-12-8-7-11-16(17)20(27)24(21)13-19(26)28-2/h4-12H,3,13-14H2,1-2H3. The van der Waals surface area contributed by atoms with E-state index in [1.54, 1.807) is 29.2 Å². The highest BCUT2D eigenvalue weighted by Gasteiger charge is 2.18. The van der Waals surface area contributed by atoms with Crippen molar-refractivity contribution in [2.24, 2.45) is 0 Å². The van der Waals surface area contributed by atoms with Gasteiger partial charge in [0.1, 0.15) is 6.54 Å². The molecule has 0 saturated heterocycles. The Morgan fingerprint density at radius 2 is 1.79 bits per heavy atom. The molecule has 2 aromatic carbocycles. The molecule has 0 spiro atoms. The second kappa shape index (κ2) is 9.38. The number of fused-ring (bicyclic) bond motifs is 1. The number of carbonyl (C=O) groups excluding carboxylic acids is 2. The van der Waals surface area contributed by atoms with Crippen LogP contribution >= 0.6 is 11.8 Å². The number of amides is 1. The molecule has 1 heterocycles. The van der Waals surface area contributed by atoms with Crippen molar-refractivity contribution in [3.8, 4) is 0 Å². The van der Waals surface area contributed by atoms with E-state index in [1.165, 1.54) is 11.7 Å². The van der Waals surface area contributed by atoms with Crippen LogP contribution in [0.25, 0.3) is 10.9 Å². The number of esters is 1. The van der Waals surface area contributed by atoms with Crippen LogP contribution in [0.1, 0.15) is 6.92 Å². The summed E-state index contributed by atoms with van der Waals surface area (Å²) >= 11 is 1.13. The minimum absolute atomic E-state index is 0.0781. The number of benzene rings is 2. The lowest BCUT2D eigenvalue weighted by molar-refractivity contribution is -0.141. The molecule has 1 amide bonds. The van der Waals surface area contributed by atoms with E-state index in [0.717, 1.165) is 17.4 Å². The van der Waals surface area contributed by atoms with Gasteiger partial charge in [0, 0.05) is 12.2 Å². The fourth-order valence-corrected chi connectivity index (χ4v) is 3.78. The summed E-state index contributed by atoms with van der Waals surface area (Å²) in [5.74, 6) is -0.595. The van der Waals surface area contributed by atoms with Gasteiger partial charge in [0.05, 0.1) is 23.8 Å². The number of rotatable bonds is 7. The molecule has 150 valence electrons. The van der Waals surface area contributed by atoms with Crippen molar-refractivity contribution in [3.05, 3.63) is 65.0 Å². The molecule has 0 aliphatic carbocycles. The topological polar surface area (TPSA) is 81.5 Å². The third-order valence-corrected chi connectivity index (χ3v) is 5.31. The molecule has 7 nitrogen and oxygen atoms in total. The van der Waals surface area contributed by atoms with Gasteiger partial charge >= 0.3 is 5.97 Å². The van der Waals surface area contributed by atoms with Gasteiger partial charge in [-0.1, -0.05) is 42.1 Å². The maximum Gasteiger partial charge on any atom is 0.325 e. The molecule has 0 unspecified atom stereocenters. The molecule has 0 aliphatic heterocycles. The number of hydrogen-bond donors (Lipinski definition) is 0. The molecular weight excluding hydrogens is 390 g/mol. The van der Waals surface area contributed by atoms with Crippen molar-refractivity contribution in [1.82, 2.24) is 9.55 Å². The molecule has 0 fully saturated rings. The summed E-state index contributed by atoms with van der Waals surface area (Å²) in [7, 11) is 1.26. The minimum atomic E-state index is -0.558. The van der Waals surface area contributed by atoms with E-state index < -0.39 is 5.97 Å². The normalized spacial score (nSPS) is 10.7. The Labute approximate surface area is 172 Å². The van der Waals surface area contributed by atoms with Crippen LogP contribution in [0.15, 0.2) is 64.5 Å². The summed E-state index contributed by atoms with van der Waals surface area (Å²) in [5.41, 5.74) is 0.981. The summed E-state index contributed by atoms with van der Waals surface area (Å²) in [6.45, 7) is 2.15. The van der Waals surface area contributed by atoms with E-state index in [4.69, 9.17) is 4.74 Å². The van der Waals surface area contributed by atoms with Gasteiger partial charge in [-0.25, -0.2) is 4.98 Å². The Morgan fingerprint density at radius 3 is 2.48 bits per heavy atom. The molecule has 3 rings (SSSR count). The number of para-hydroxylation sites is 2. The van der Waals surface area contributed by atoms with Gasteiger partial charge in [-0.05, 0) is 31.2 Å². The van der Waals surface area contributed by atoms with Gasteiger partial charge in [0.25, 0.3) is 5.56 Å². The third-order valence-electron chi connectivity index (χ3n) is 4.35. The van der Waals surface area contributed by atoms with E-state index in [1.807, 2.05) is 37.3 Å². The average molecular weight is 411 g/mol. The summed E-state index contributed by atoms with van der Waals surface area (Å²) in [5, 5.41) is 0.711. The number of nitrogens with zero attached hydrogens (tertiary/aromatic N) is 3. The third kappa shape index (κ3) is 4.65. The van der Waals surface area contributed by atoms with Crippen LogP contribution in [0.2, 0.25) is 0 Å². The lowest BCUT2D eigenvalue weighted by Crippen LogP contribution is -2.33. The number of thioether (sulfide) groups is 1. The monoisotopic (exact) mass is 411 g/mol. The van der Waals surface area contributed by atoms with Crippen LogP contribution < -0.4 is 10.5 Å². The first kappa shape index (κ1) is 20.6. The van der Waals surface area contributed by atoms with E-state index in [0.29, 0.717) is 22.6 Å². The molecule has 3 aromatic rings. The Hall–Kier alpha value is -3.13. The Balaban J connectivity index is 1.90. The average Bonchev–Trinajstić information content (AvgIpc) is 2.75.